The van der Waals surface area contributed by atoms with Gasteiger partial charge in [-0.3, -0.25) is 0 Å². The Labute approximate surface area is 101 Å². The van der Waals surface area contributed by atoms with Crippen LogP contribution in [-0.4, -0.2) is 23.6 Å². The van der Waals surface area contributed by atoms with Gasteiger partial charge in [0.2, 0.25) is 0 Å². The first-order valence-corrected chi connectivity index (χ1v) is 6.96. The van der Waals surface area contributed by atoms with Crippen LogP contribution < -0.4 is 5.32 Å². The van der Waals surface area contributed by atoms with E-state index < -0.39 is 0 Å². The maximum Gasteiger partial charge on any atom is 0.0483 e. The third kappa shape index (κ3) is 2.25. The Morgan fingerprint density at radius 1 is 1.31 bits per heavy atom. The number of aromatic nitrogens is 1. The van der Waals surface area contributed by atoms with Crippen LogP contribution in [0.5, 0.6) is 0 Å². The van der Waals surface area contributed by atoms with Crippen LogP contribution in [0.2, 0.25) is 0 Å². The van der Waals surface area contributed by atoms with E-state index in [1.807, 2.05) is 18.8 Å². The van der Waals surface area contributed by atoms with E-state index in [9.17, 15) is 0 Å². The monoisotopic (exact) mass is 234 g/mol. The van der Waals surface area contributed by atoms with E-state index in [4.69, 9.17) is 0 Å². The average Bonchev–Trinajstić information content (AvgIpc) is 2.71. The molecule has 0 bridgehead atoms. The van der Waals surface area contributed by atoms with Gasteiger partial charge in [-0.1, -0.05) is 12.1 Å². The number of hydrogen-bond donors (Lipinski definition) is 1. The summed E-state index contributed by atoms with van der Waals surface area (Å²) >= 11 is 1.89. The van der Waals surface area contributed by atoms with Gasteiger partial charge in [-0.05, 0) is 31.0 Å². The number of rotatable bonds is 5. The molecule has 0 radical (unpaired) electrons. The van der Waals surface area contributed by atoms with E-state index in [1.165, 1.54) is 22.2 Å². The van der Waals surface area contributed by atoms with Crippen LogP contribution in [0.15, 0.2) is 30.5 Å². The van der Waals surface area contributed by atoms with Crippen LogP contribution in [0.1, 0.15) is 5.56 Å². The SMILES string of the molecule is CNCc1cccc2c1ccn2CCSC. The van der Waals surface area contributed by atoms with Crippen LogP contribution in [0.4, 0.5) is 0 Å². The number of fused-ring (bicyclic) bond motifs is 1. The first-order chi connectivity index (χ1) is 7.86. The Kier molecular flexibility index (Phi) is 3.91. The second-order valence-electron chi connectivity index (χ2n) is 3.88. The number of nitrogens with zero attached hydrogens (tertiary/aromatic N) is 1. The number of benzene rings is 1. The smallest absolute Gasteiger partial charge is 0.0483 e. The molecule has 1 heterocycles. The molecule has 0 aliphatic rings. The van der Waals surface area contributed by atoms with Crippen molar-refractivity contribution in [3.63, 3.8) is 0 Å². The Morgan fingerprint density at radius 2 is 2.19 bits per heavy atom. The molecule has 2 rings (SSSR count). The zero-order valence-electron chi connectivity index (χ0n) is 9.86. The molecule has 0 saturated carbocycles. The van der Waals surface area contributed by atoms with Crippen LogP contribution in [0, 0.1) is 0 Å². The highest BCUT2D eigenvalue weighted by atomic mass is 32.2. The predicted molar refractivity (Wildman–Crippen MR) is 73.1 cm³/mol. The fourth-order valence-electron chi connectivity index (χ4n) is 2.02. The lowest BCUT2D eigenvalue weighted by Gasteiger charge is -2.06. The van der Waals surface area contributed by atoms with Crippen LogP contribution in [-0.2, 0) is 13.1 Å². The summed E-state index contributed by atoms with van der Waals surface area (Å²) in [6.45, 7) is 2.03. The highest BCUT2D eigenvalue weighted by Crippen LogP contribution is 2.20. The summed E-state index contributed by atoms with van der Waals surface area (Å²) in [5.74, 6) is 1.17. The summed E-state index contributed by atoms with van der Waals surface area (Å²) < 4.78 is 2.34. The lowest BCUT2D eigenvalue weighted by Crippen LogP contribution is -2.05. The molecule has 0 fully saturated rings. The molecule has 0 amide bonds. The summed E-state index contributed by atoms with van der Waals surface area (Å²) in [5, 5.41) is 4.59. The maximum atomic E-state index is 3.22. The van der Waals surface area contributed by atoms with E-state index in [1.54, 1.807) is 0 Å². The largest absolute Gasteiger partial charge is 0.347 e. The van der Waals surface area contributed by atoms with Crippen molar-refractivity contribution in [1.82, 2.24) is 9.88 Å². The molecule has 0 spiro atoms. The highest BCUT2D eigenvalue weighted by Gasteiger charge is 2.04. The summed E-state index contributed by atoms with van der Waals surface area (Å²) in [6, 6.07) is 8.76. The summed E-state index contributed by atoms with van der Waals surface area (Å²) in [4.78, 5) is 0. The Bertz CT molecular complexity index is 462. The molecule has 3 heteroatoms. The molecule has 2 aromatic rings. The third-order valence-corrected chi connectivity index (χ3v) is 3.40. The molecule has 1 aromatic carbocycles. The molecule has 0 aliphatic carbocycles. The Hall–Kier alpha value is -0.930. The van der Waals surface area contributed by atoms with Gasteiger partial charge in [-0.15, -0.1) is 0 Å². The molecule has 0 saturated heterocycles. The van der Waals surface area contributed by atoms with Gasteiger partial charge in [0.1, 0.15) is 0 Å². The number of aryl methyl sites for hydroxylation is 1. The first-order valence-electron chi connectivity index (χ1n) is 5.57. The standard InChI is InChI=1S/C13H18N2S/c1-14-10-11-4-3-5-13-12(11)6-7-15(13)8-9-16-2/h3-7,14H,8-10H2,1-2H3. The minimum Gasteiger partial charge on any atom is -0.347 e. The van der Waals surface area contributed by atoms with Gasteiger partial charge in [0.25, 0.3) is 0 Å². The second kappa shape index (κ2) is 5.41. The van der Waals surface area contributed by atoms with Crippen molar-refractivity contribution in [2.45, 2.75) is 13.1 Å². The second-order valence-corrected chi connectivity index (χ2v) is 4.87. The van der Waals surface area contributed by atoms with E-state index in [0.29, 0.717) is 0 Å². The van der Waals surface area contributed by atoms with Gasteiger partial charge >= 0.3 is 0 Å². The molecule has 2 nitrogen and oxygen atoms in total. The molecule has 1 N–H and O–H groups in total. The average molecular weight is 234 g/mol. The fourth-order valence-corrected chi connectivity index (χ4v) is 2.40. The number of thioether (sulfide) groups is 1. The summed E-state index contributed by atoms with van der Waals surface area (Å²) in [5.41, 5.74) is 2.73. The van der Waals surface area contributed by atoms with E-state index in [-0.39, 0.29) is 0 Å². The van der Waals surface area contributed by atoms with E-state index >= 15 is 0 Å². The van der Waals surface area contributed by atoms with Crippen molar-refractivity contribution in [3.05, 3.63) is 36.0 Å². The van der Waals surface area contributed by atoms with Crippen molar-refractivity contribution >= 4 is 22.7 Å². The molecule has 0 aliphatic heterocycles. The minimum absolute atomic E-state index is 0.934. The summed E-state index contributed by atoms with van der Waals surface area (Å²) in [7, 11) is 1.99. The molecule has 16 heavy (non-hydrogen) atoms. The first kappa shape index (κ1) is 11.6. The minimum atomic E-state index is 0.934. The molecule has 86 valence electrons. The zero-order chi connectivity index (χ0) is 11.4. The van der Waals surface area contributed by atoms with E-state index in [0.717, 1.165) is 13.1 Å². The zero-order valence-corrected chi connectivity index (χ0v) is 10.7. The lowest BCUT2D eigenvalue weighted by atomic mass is 10.1. The fraction of sp³-hybridized carbons (Fsp3) is 0.385. The van der Waals surface area contributed by atoms with Gasteiger partial charge in [-0.2, -0.15) is 11.8 Å². The van der Waals surface area contributed by atoms with Crippen molar-refractivity contribution in [3.8, 4) is 0 Å². The maximum absolute atomic E-state index is 3.22. The topological polar surface area (TPSA) is 17.0 Å². The van der Waals surface area contributed by atoms with Crippen LogP contribution >= 0.6 is 11.8 Å². The van der Waals surface area contributed by atoms with Crippen molar-refractivity contribution < 1.29 is 0 Å². The molecule has 0 atom stereocenters. The normalized spacial score (nSPS) is 11.1. The van der Waals surface area contributed by atoms with Crippen LogP contribution in [0.3, 0.4) is 0 Å². The van der Waals surface area contributed by atoms with Gasteiger partial charge in [0.05, 0.1) is 0 Å². The highest BCUT2D eigenvalue weighted by molar-refractivity contribution is 7.98. The molecule has 0 unspecified atom stereocenters. The molecule has 1 aromatic heterocycles. The van der Waals surface area contributed by atoms with Gasteiger partial charge < -0.3 is 9.88 Å². The van der Waals surface area contributed by atoms with Crippen molar-refractivity contribution in [1.29, 1.82) is 0 Å². The molecular weight excluding hydrogens is 216 g/mol. The number of nitrogens with one attached hydrogen (secondary N) is 1. The number of hydrogen-bond acceptors (Lipinski definition) is 2. The Balaban J connectivity index is 2.36. The van der Waals surface area contributed by atoms with Crippen molar-refractivity contribution in [2.75, 3.05) is 19.1 Å². The third-order valence-electron chi connectivity index (χ3n) is 2.81. The molecular formula is C13H18N2S. The van der Waals surface area contributed by atoms with E-state index in [2.05, 4.69) is 46.6 Å². The summed E-state index contributed by atoms with van der Waals surface area (Å²) in [6.07, 6.45) is 4.35. The van der Waals surface area contributed by atoms with Crippen LogP contribution in [0.25, 0.3) is 10.9 Å². The lowest BCUT2D eigenvalue weighted by molar-refractivity contribution is 0.806. The quantitative estimate of drug-likeness (QED) is 0.856. The van der Waals surface area contributed by atoms with Crippen molar-refractivity contribution in [2.24, 2.45) is 0 Å². The Morgan fingerprint density at radius 3 is 2.94 bits per heavy atom. The van der Waals surface area contributed by atoms with Gasteiger partial charge in [-0.25, -0.2) is 0 Å². The van der Waals surface area contributed by atoms with Gasteiger partial charge in [0, 0.05) is 35.9 Å². The van der Waals surface area contributed by atoms with Gasteiger partial charge in [0.15, 0.2) is 0 Å². The predicted octanol–water partition coefficient (Wildman–Crippen LogP) is 2.72.